The number of hydrogen-bond donors (Lipinski definition) is 2. The number of rotatable bonds is 3. The Kier molecular flexibility index (Phi) is 10.0. The lowest BCUT2D eigenvalue weighted by molar-refractivity contribution is -0.128. The Balaban J connectivity index is 0.000000640. The summed E-state index contributed by atoms with van der Waals surface area (Å²) in [6.45, 7) is 9.14. The Morgan fingerprint density at radius 3 is 2.04 bits per heavy atom. The fourth-order valence-electron chi connectivity index (χ4n) is 1.96. The maximum Gasteiger partial charge on any atom is 0.319 e. The highest BCUT2D eigenvalue weighted by Crippen LogP contribution is 2.07. The van der Waals surface area contributed by atoms with Crippen LogP contribution in [-0.2, 0) is 4.79 Å². The first-order valence-electron chi connectivity index (χ1n) is 7.91. The molecule has 0 unspecified atom stereocenters. The molecule has 1 aliphatic rings. The minimum Gasteiger partial charge on any atom is -0.515 e. The number of hydrogen-bond acceptors (Lipinski definition) is 4. The number of amides is 3. The first-order valence-corrected chi connectivity index (χ1v) is 7.91. The van der Waals surface area contributed by atoms with Crippen molar-refractivity contribution in [3.05, 3.63) is 36.3 Å². The molecule has 1 fully saturated rings. The van der Waals surface area contributed by atoms with E-state index < -0.39 is 0 Å². The molecule has 0 aromatic rings. The molecule has 0 spiro atoms. The molecule has 7 nitrogen and oxygen atoms in total. The maximum absolute atomic E-state index is 11.7. The molecule has 24 heavy (non-hydrogen) atoms. The summed E-state index contributed by atoms with van der Waals surface area (Å²) in [6, 6.07) is -0.0356. The van der Waals surface area contributed by atoms with Crippen molar-refractivity contribution in [3.63, 3.8) is 0 Å². The van der Waals surface area contributed by atoms with Gasteiger partial charge in [0, 0.05) is 51.5 Å². The number of nitrogens with two attached hydrogens (primary N) is 1. The second-order valence-corrected chi connectivity index (χ2v) is 5.60. The SMILES string of the molecule is C/C(=C/O)C(=O)N1CCN(C(=O)N(C)C)CC1.C=C/C=C(/N)CC. The van der Waals surface area contributed by atoms with Gasteiger partial charge in [0.15, 0.2) is 0 Å². The average Bonchev–Trinajstić information content (AvgIpc) is 2.60. The van der Waals surface area contributed by atoms with Gasteiger partial charge in [-0.25, -0.2) is 4.79 Å². The number of carbonyl (C=O) groups excluding carboxylic acids is 2. The first kappa shape index (κ1) is 21.6. The molecule has 0 saturated carbocycles. The molecule has 1 rings (SSSR count). The fraction of sp³-hybridized carbons (Fsp3) is 0.529. The minimum absolute atomic E-state index is 0.0356. The van der Waals surface area contributed by atoms with Gasteiger partial charge in [-0.2, -0.15) is 0 Å². The quantitative estimate of drug-likeness (QED) is 0.465. The number of allylic oxidation sites excluding steroid dienone is 3. The van der Waals surface area contributed by atoms with E-state index in [0.29, 0.717) is 31.8 Å². The summed E-state index contributed by atoms with van der Waals surface area (Å²) in [6.07, 6.45) is 5.23. The lowest BCUT2D eigenvalue weighted by Crippen LogP contribution is -2.53. The molecule has 0 aromatic carbocycles. The summed E-state index contributed by atoms with van der Waals surface area (Å²) >= 11 is 0. The van der Waals surface area contributed by atoms with Crippen molar-refractivity contribution in [2.75, 3.05) is 40.3 Å². The first-order chi connectivity index (χ1) is 11.3. The van der Waals surface area contributed by atoms with Gasteiger partial charge in [0.1, 0.15) is 0 Å². The van der Waals surface area contributed by atoms with Gasteiger partial charge in [0.25, 0.3) is 5.91 Å². The molecule has 1 saturated heterocycles. The number of nitrogens with zero attached hydrogens (tertiary/aromatic N) is 3. The Hall–Kier alpha value is -2.44. The second kappa shape index (κ2) is 11.2. The van der Waals surface area contributed by atoms with Gasteiger partial charge in [0.2, 0.25) is 0 Å². The number of aliphatic hydroxyl groups excluding tert-OH is 1. The van der Waals surface area contributed by atoms with Crippen molar-refractivity contribution >= 4 is 11.9 Å². The van der Waals surface area contributed by atoms with E-state index in [0.717, 1.165) is 18.4 Å². The van der Waals surface area contributed by atoms with Crippen LogP contribution in [0.1, 0.15) is 20.3 Å². The van der Waals surface area contributed by atoms with E-state index in [1.807, 2.05) is 6.92 Å². The van der Waals surface area contributed by atoms with Gasteiger partial charge in [-0.1, -0.05) is 19.6 Å². The summed E-state index contributed by atoms with van der Waals surface area (Å²) in [5.41, 5.74) is 6.57. The Labute approximate surface area is 144 Å². The standard InChI is InChI=1S/C11H19N3O3.C6H11N/c1-9(8-15)10(16)13-4-6-14(7-5-13)11(17)12(2)3;1-3-5-6(7)4-2/h8,15H,4-7H2,1-3H3;3,5H,1,4,7H2,2H3/b9-8-;6-5+. The van der Waals surface area contributed by atoms with Gasteiger partial charge >= 0.3 is 6.03 Å². The zero-order valence-electron chi connectivity index (χ0n) is 15.2. The third kappa shape index (κ3) is 7.21. The maximum atomic E-state index is 11.7. The molecule has 136 valence electrons. The largest absolute Gasteiger partial charge is 0.515 e. The summed E-state index contributed by atoms with van der Waals surface area (Å²) in [4.78, 5) is 28.3. The highest BCUT2D eigenvalue weighted by molar-refractivity contribution is 5.92. The van der Waals surface area contributed by atoms with Crippen molar-refractivity contribution in [2.45, 2.75) is 20.3 Å². The van der Waals surface area contributed by atoms with Gasteiger partial charge in [-0.3, -0.25) is 4.79 Å². The van der Waals surface area contributed by atoms with Gasteiger partial charge in [-0.05, 0) is 19.4 Å². The summed E-state index contributed by atoms with van der Waals surface area (Å²) < 4.78 is 0. The molecule has 1 aliphatic heterocycles. The monoisotopic (exact) mass is 338 g/mol. The van der Waals surface area contributed by atoms with Gasteiger partial charge in [-0.15, -0.1) is 0 Å². The number of aliphatic hydroxyl groups is 1. The van der Waals surface area contributed by atoms with E-state index in [9.17, 15) is 9.59 Å². The molecular weight excluding hydrogens is 308 g/mol. The Morgan fingerprint density at radius 1 is 1.21 bits per heavy atom. The van der Waals surface area contributed by atoms with Crippen molar-refractivity contribution < 1.29 is 14.7 Å². The van der Waals surface area contributed by atoms with Crippen molar-refractivity contribution in [2.24, 2.45) is 5.73 Å². The molecular formula is C17H30N4O3. The lowest BCUT2D eigenvalue weighted by atomic mass is 10.2. The molecule has 0 atom stereocenters. The smallest absolute Gasteiger partial charge is 0.319 e. The van der Waals surface area contributed by atoms with Crippen molar-refractivity contribution in [3.8, 4) is 0 Å². The van der Waals surface area contributed by atoms with Gasteiger partial charge < -0.3 is 25.5 Å². The van der Waals surface area contributed by atoms with Crippen LogP contribution < -0.4 is 5.73 Å². The molecule has 3 amide bonds. The minimum atomic E-state index is -0.176. The highest BCUT2D eigenvalue weighted by atomic mass is 16.2. The van der Waals surface area contributed by atoms with E-state index in [4.69, 9.17) is 10.8 Å². The lowest BCUT2D eigenvalue weighted by Gasteiger charge is -2.36. The summed E-state index contributed by atoms with van der Waals surface area (Å²) in [5, 5.41) is 8.77. The van der Waals surface area contributed by atoms with Crippen LogP contribution in [-0.4, -0.2) is 72.0 Å². The van der Waals surface area contributed by atoms with Crippen LogP contribution >= 0.6 is 0 Å². The van der Waals surface area contributed by atoms with Crippen molar-refractivity contribution in [1.82, 2.24) is 14.7 Å². The predicted molar refractivity (Wildman–Crippen MR) is 96.4 cm³/mol. The topological polar surface area (TPSA) is 90.1 Å². The molecule has 0 bridgehead atoms. The fourth-order valence-corrected chi connectivity index (χ4v) is 1.96. The molecule has 0 aromatic heterocycles. The highest BCUT2D eigenvalue weighted by Gasteiger charge is 2.25. The number of urea groups is 1. The normalized spacial score (nSPS) is 15.3. The van der Waals surface area contributed by atoms with Gasteiger partial charge in [0.05, 0.1) is 6.26 Å². The van der Waals surface area contributed by atoms with Crippen LogP contribution in [0.2, 0.25) is 0 Å². The molecule has 1 heterocycles. The number of piperazine rings is 1. The average molecular weight is 338 g/mol. The van der Waals surface area contributed by atoms with E-state index in [1.54, 1.807) is 43.0 Å². The zero-order valence-corrected chi connectivity index (χ0v) is 15.2. The van der Waals surface area contributed by atoms with Crippen LogP contribution in [0.15, 0.2) is 36.3 Å². The van der Waals surface area contributed by atoms with E-state index in [2.05, 4.69) is 6.58 Å². The third-order valence-electron chi connectivity index (χ3n) is 3.49. The molecule has 3 N–H and O–H groups in total. The van der Waals surface area contributed by atoms with E-state index in [-0.39, 0.29) is 11.9 Å². The molecule has 0 aliphatic carbocycles. The summed E-state index contributed by atoms with van der Waals surface area (Å²) in [7, 11) is 3.41. The van der Waals surface area contributed by atoms with Crippen LogP contribution in [0, 0.1) is 0 Å². The Bertz CT molecular complexity index is 490. The zero-order chi connectivity index (χ0) is 18.7. The predicted octanol–water partition coefficient (Wildman–Crippen LogP) is 1.70. The van der Waals surface area contributed by atoms with E-state index in [1.165, 1.54) is 4.90 Å². The van der Waals surface area contributed by atoms with Crippen molar-refractivity contribution in [1.29, 1.82) is 0 Å². The van der Waals surface area contributed by atoms with E-state index >= 15 is 0 Å². The second-order valence-electron chi connectivity index (χ2n) is 5.60. The summed E-state index contributed by atoms with van der Waals surface area (Å²) in [5.74, 6) is -0.176. The Morgan fingerprint density at radius 2 is 1.71 bits per heavy atom. The number of carbonyl (C=O) groups is 2. The molecule has 0 radical (unpaired) electrons. The van der Waals surface area contributed by atoms with Crippen LogP contribution in [0.3, 0.4) is 0 Å². The van der Waals surface area contributed by atoms with Crippen LogP contribution in [0.25, 0.3) is 0 Å². The van der Waals surface area contributed by atoms with Crippen LogP contribution in [0.4, 0.5) is 4.79 Å². The third-order valence-corrected chi connectivity index (χ3v) is 3.49. The molecule has 7 heteroatoms. The van der Waals surface area contributed by atoms with Crippen LogP contribution in [0.5, 0.6) is 0 Å².